The lowest BCUT2D eigenvalue weighted by atomic mass is 10.1. The molecule has 1 atom stereocenters. The Morgan fingerprint density at radius 3 is 2.75 bits per heavy atom. The average Bonchev–Trinajstić information content (AvgIpc) is 2.78. The highest BCUT2D eigenvalue weighted by molar-refractivity contribution is 5.18. The predicted molar refractivity (Wildman–Crippen MR) is 56.4 cm³/mol. The molecule has 0 saturated carbocycles. The van der Waals surface area contributed by atoms with Crippen LogP contribution in [0.4, 0.5) is 0 Å². The maximum Gasteiger partial charge on any atom is 0.125 e. The standard InChI is InChI=1S/C10H13N5O/c1-2-3-15-9(6-13-14-15)10(16)8-4-11-7-12-5-8/h4-7,10,16H,2-3H2,1H3. The third kappa shape index (κ3) is 2.06. The zero-order valence-corrected chi connectivity index (χ0v) is 8.98. The number of rotatable bonds is 4. The lowest BCUT2D eigenvalue weighted by molar-refractivity contribution is 0.206. The number of aryl methyl sites for hydroxylation is 1. The van der Waals surface area contributed by atoms with Gasteiger partial charge in [-0.3, -0.25) is 0 Å². The molecule has 0 saturated heterocycles. The van der Waals surface area contributed by atoms with E-state index in [9.17, 15) is 5.11 Å². The minimum absolute atomic E-state index is 0.641. The third-order valence-corrected chi connectivity index (χ3v) is 2.26. The molecule has 0 aliphatic rings. The van der Waals surface area contributed by atoms with Crippen LogP contribution in [-0.2, 0) is 6.54 Å². The average molecular weight is 219 g/mol. The Morgan fingerprint density at radius 2 is 2.06 bits per heavy atom. The zero-order valence-electron chi connectivity index (χ0n) is 8.98. The molecule has 6 nitrogen and oxygen atoms in total. The van der Waals surface area contributed by atoms with Crippen molar-refractivity contribution in [2.75, 3.05) is 0 Å². The molecule has 0 aliphatic heterocycles. The van der Waals surface area contributed by atoms with Crippen molar-refractivity contribution in [3.8, 4) is 0 Å². The molecule has 2 aromatic heterocycles. The summed E-state index contributed by atoms with van der Waals surface area (Å²) in [7, 11) is 0. The van der Waals surface area contributed by atoms with E-state index in [0.717, 1.165) is 13.0 Å². The first-order valence-electron chi connectivity index (χ1n) is 5.14. The molecule has 1 unspecified atom stereocenters. The van der Waals surface area contributed by atoms with Gasteiger partial charge in [-0.25, -0.2) is 14.6 Å². The van der Waals surface area contributed by atoms with Gasteiger partial charge in [0, 0.05) is 24.5 Å². The Bertz CT molecular complexity index is 441. The Kier molecular flexibility index (Phi) is 3.21. The molecular weight excluding hydrogens is 206 g/mol. The van der Waals surface area contributed by atoms with Gasteiger partial charge in [-0.05, 0) is 6.42 Å². The molecule has 0 amide bonds. The highest BCUT2D eigenvalue weighted by Gasteiger charge is 2.16. The van der Waals surface area contributed by atoms with Gasteiger partial charge in [-0.1, -0.05) is 12.1 Å². The second kappa shape index (κ2) is 4.80. The fourth-order valence-corrected chi connectivity index (χ4v) is 1.49. The van der Waals surface area contributed by atoms with Gasteiger partial charge in [0.25, 0.3) is 0 Å². The van der Waals surface area contributed by atoms with Crippen LogP contribution in [0.25, 0.3) is 0 Å². The smallest absolute Gasteiger partial charge is 0.125 e. The van der Waals surface area contributed by atoms with Crippen molar-refractivity contribution in [3.05, 3.63) is 36.2 Å². The van der Waals surface area contributed by atoms with Crippen LogP contribution in [0.3, 0.4) is 0 Å². The van der Waals surface area contributed by atoms with E-state index in [0.29, 0.717) is 11.3 Å². The van der Waals surface area contributed by atoms with E-state index in [4.69, 9.17) is 0 Å². The molecule has 0 aliphatic carbocycles. The van der Waals surface area contributed by atoms with Crippen LogP contribution in [0.1, 0.15) is 30.7 Å². The van der Waals surface area contributed by atoms with Crippen LogP contribution in [0.5, 0.6) is 0 Å². The lowest BCUT2D eigenvalue weighted by Gasteiger charge is -2.11. The van der Waals surface area contributed by atoms with Gasteiger partial charge in [0.1, 0.15) is 12.4 Å². The SMILES string of the molecule is CCCn1nncc1C(O)c1cncnc1. The maximum atomic E-state index is 10.1. The van der Waals surface area contributed by atoms with E-state index in [-0.39, 0.29) is 0 Å². The predicted octanol–water partition coefficient (Wildman–Crippen LogP) is 0.560. The monoisotopic (exact) mass is 219 g/mol. The molecule has 0 spiro atoms. The fraction of sp³-hybridized carbons (Fsp3) is 0.400. The number of nitrogens with zero attached hydrogens (tertiary/aromatic N) is 5. The maximum absolute atomic E-state index is 10.1. The zero-order chi connectivity index (χ0) is 11.4. The summed E-state index contributed by atoms with van der Waals surface area (Å²) in [5.41, 5.74) is 1.30. The number of aliphatic hydroxyl groups is 1. The topological polar surface area (TPSA) is 76.7 Å². The molecule has 16 heavy (non-hydrogen) atoms. The summed E-state index contributed by atoms with van der Waals surface area (Å²) >= 11 is 0. The van der Waals surface area contributed by atoms with Crippen molar-refractivity contribution in [1.29, 1.82) is 0 Å². The Labute approximate surface area is 93.0 Å². The minimum Gasteiger partial charge on any atom is -0.382 e. The van der Waals surface area contributed by atoms with E-state index in [1.807, 2.05) is 6.92 Å². The van der Waals surface area contributed by atoms with Crippen LogP contribution in [0, 0.1) is 0 Å². The highest BCUT2D eigenvalue weighted by Crippen LogP contribution is 2.19. The van der Waals surface area contributed by atoms with Crippen LogP contribution >= 0.6 is 0 Å². The second-order valence-electron chi connectivity index (χ2n) is 3.46. The molecule has 0 aromatic carbocycles. The summed E-state index contributed by atoms with van der Waals surface area (Å²) in [6.45, 7) is 2.78. The van der Waals surface area contributed by atoms with Gasteiger partial charge >= 0.3 is 0 Å². The van der Waals surface area contributed by atoms with E-state index < -0.39 is 6.10 Å². The van der Waals surface area contributed by atoms with Gasteiger partial charge in [0.15, 0.2) is 0 Å². The van der Waals surface area contributed by atoms with Gasteiger partial charge in [-0.15, -0.1) is 5.10 Å². The summed E-state index contributed by atoms with van der Waals surface area (Å²) in [6, 6.07) is 0. The number of aliphatic hydroxyl groups excluding tert-OH is 1. The van der Waals surface area contributed by atoms with Crippen LogP contribution < -0.4 is 0 Å². The highest BCUT2D eigenvalue weighted by atomic mass is 16.3. The first kappa shape index (κ1) is 10.7. The van der Waals surface area contributed by atoms with E-state index in [2.05, 4.69) is 20.3 Å². The van der Waals surface area contributed by atoms with Gasteiger partial charge in [0.2, 0.25) is 0 Å². The largest absolute Gasteiger partial charge is 0.382 e. The molecule has 0 radical (unpaired) electrons. The van der Waals surface area contributed by atoms with E-state index in [1.54, 1.807) is 23.3 Å². The van der Waals surface area contributed by atoms with Crippen molar-refractivity contribution in [2.45, 2.75) is 26.0 Å². The molecule has 2 rings (SSSR count). The van der Waals surface area contributed by atoms with Crippen molar-refractivity contribution >= 4 is 0 Å². The minimum atomic E-state index is -0.775. The first-order valence-corrected chi connectivity index (χ1v) is 5.14. The fourth-order valence-electron chi connectivity index (χ4n) is 1.49. The molecule has 0 bridgehead atoms. The summed E-state index contributed by atoms with van der Waals surface area (Å²) < 4.78 is 1.69. The summed E-state index contributed by atoms with van der Waals surface area (Å²) in [6.07, 6.45) is 6.32. The Hall–Kier alpha value is -1.82. The summed E-state index contributed by atoms with van der Waals surface area (Å²) in [5.74, 6) is 0. The van der Waals surface area contributed by atoms with Gasteiger partial charge in [-0.2, -0.15) is 0 Å². The Balaban J connectivity index is 2.27. The number of hydrogen-bond acceptors (Lipinski definition) is 5. The quantitative estimate of drug-likeness (QED) is 0.813. The molecule has 84 valence electrons. The number of aromatic nitrogens is 5. The third-order valence-electron chi connectivity index (χ3n) is 2.26. The van der Waals surface area contributed by atoms with Crippen LogP contribution in [0.2, 0.25) is 0 Å². The molecular formula is C10H13N5O. The molecule has 1 N–H and O–H groups in total. The summed E-state index contributed by atoms with van der Waals surface area (Å²) in [5, 5.41) is 17.8. The number of hydrogen-bond donors (Lipinski definition) is 1. The molecule has 2 aromatic rings. The first-order chi connectivity index (χ1) is 7.83. The van der Waals surface area contributed by atoms with Crippen molar-refractivity contribution in [3.63, 3.8) is 0 Å². The molecule has 2 heterocycles. The van der Waals surface area contributed by atoms with E-state index in [1.165, 1.54) is 6.33 Å². The van der Waals surface area contributed by atoms with Crippen molar-refractivity contribution < 1.29 is 5.11 Å². The second-order valence-corrected chi connectivity index (χ2v) is 3.46. The lowest BCUT2D eigenvalue weighted by Crippen LogP contribution is -2.10. The normalized spacial score (nSPS) is 12.6. The van der Waals surface area contributed by atoms with Gasteiger partial charge in [0.05, 0.1) is 11.9 Å². The van der Waals surface area contributed by atoms with Crippen LogP contribution in [-0.4, -0.2) is 30.1 Å². The van der Waals surface area contributed by atoms with Crippen molar-refractivity contribution in [2.24, 2.45) is 0 Å². The van der Waals surface area contributed by atoms with Crippen molar-refractivity contribution in [1.82, 2.24) is 25.0 Å². The van der Waals surface area contributed by atoms with E-state index >= 15 is 0 Å². The molecule has 0 fully saturated rings. The van der Waals surface area contributed by atoms with Gasteiger partial charge < -0.3 is 5.11 Å². The molecule has 6 heteroatoms. The Morgan fingerprint density at radius 1 is 1.31 bits per heavy atom. The summed E-state index contributed by atoms with van der Waals surface area (Å²) in [4.78, 5) is 7.74. The van der Waals surface area contributed by atoms with Crippen LogP contribution in [0.15, 0.2) is 24.9 Å².